The first-order chi connectivity index (χ1) is 21.4. The van der Waals surface area contributed by atoms with E-state index in [0.29, 0.717) is 23.2 Å². The number of benzene rings is 4. The largest absolute Gasteiger partial charge is 0.457 e. The maximum Gasteiger partial charge on any atom is 0.140 e. The minimum absolute atomic E-state index is 0.328. The molecule has 0 fully saturated rings. The fourth-order valence-corrected chi connectivity index (χ4v) is 6.20. The van der Waals surface area contributed by atoms with Crippen LogP contribution in [0.4, 0.5) is 4.39 Å². The second-order valence-electron chi connectivity index (χ2n) is 11.7. The van der Waals surface area contributed by atoms with Crippen molar-refractivity contribution in [2.75, 3.05) is 0 Å². The zero-order chi connectivity index (χ0) is 30.4. The number of hydrogen-bond acceptors (Lipinski definition) is 3. The van der Waals surface area contributed by atoms with Gasteiger partial charge < -0.3 is 4.74 Å². The van der Waals surface area contributed by atoms with Gasteiger partial charge in [0.15, 0.2) is 0 Å². The van der Waals surface area contributed by atoms with E-state index in [0.717, 1.165) is 56.4 Å². The molecule has 6 heteroatoms. The first-order valence-corrected chi connectivity index (χ1v) is 14.9. The van der Waals surface area contributed by atoms with Crippen molar-refractivity contribution >= 4 is 21.8 Å². The Labute approximate surface area is 256 Å². The average Bonchev–Trinajstić information content (AvgIpc) is 3.49. The van der Waals surface area contributed by atoms with Gasteiger partial charge in [-0.3, -0.25) is 4.57 Å². The minimum Gasteiger partial charge on any atom is -0.457 e. The molecule has 0 N–H and O–H groups in total. The Kier molecular flexibility index (Phi) is 6.97. The summed E-state index contributed by atoms with van der Waals surface area (Å²) in [6, 6.07) is 33.7. The van der Waals surface area contributed by atoms with Gasteiger partial charge in [-0.25, -0.2) is 14.1 Å². The summed E-state index contributed by atoms with van der Waals surface area (Å²) in [6.45, 7) is 8.58. The summed E-state index contributed by atoms with van der Waals surface area (Å²) >= 11 is 0. The quantitative estimate of drug-likeness (QED) is 0.189. The van der Waals surface area contributed by atoms with Crippen LogP contribution < -0.4 is 4.74 Å². The normalized spacial score (nSPS) is 11.6. The van der Waals surface area contributed by atoms with Gasteiger partial charge in [0, 0.05) is 46.4 Å². The lowest BCUT2D eigenvalue weighted by molar-refractivity contribution is 0.482. The van der Waals surface area contributed by atoms with E-state index in [1.807, 2.05) is 70.8 Å². The van der Waals surface area contributed by atoms with Crippen molar-refractivity contribution in [3.05, 3.63) is 132 Å². The molecule has 0 spiro atoms. The van der Waals surface area contributed by atoms with Crippen molar-refractivity contribution in [3.63, 3.8) is 0 Å². The van der Waals surface area contributed by atoms with Crippen LogP contribution in [-0.4, -0.2) is 19.3 Å². The van der Waals surface area contributed by atoms with E-state index >= 15 is 0 Å². The Bertz CT molecular complexity index is 2140. The third-order valence-corrected chi connectivity index (χ3v) is 8.03. The Hall–Kier alpha value is -5.23. The lowest BCUT2D eigenvalue weighted by atomic mass is 10.0. The number of fused-ring (bicyclic) bond motifs is 3. The summed E-state index contributed by atoms with van der Waals surface area (Å²) in [6.07, 6.45) is 2.49. The maximum absolute atomic E-state index is 14.4. The molecule has 0 amide bonds. The highest BCUT2D eigenvalue weighted by Gasteiger charge is 2.17. The molecule has 5 nitrogen and oxygen atoms in total. The molecular formula is C38H33FN4O. The van der Waals surface area contributed by atoms with Crippen LogP contribution in [0.5, 0.6) is 11.5 Å². The van der Waals surface area contributed by atoms with E-state index in [1.165, 1.54) is 23.9 Å². The van der Waals surface area contributed by atoms with Gasteiger partial charge in [0.2, 0.25) is 0 Å². The predicted octanol–water partition coefficient (Wildman–Crippen LogP) is 9.78. The molecule has 3 aromatic heterocycles. The highest BCUT2D eigenvalue weighted by Crippen LogP contribution is 2.36. The van der Waals surface area contributed by atoms with E-state index in [4.69, 9.17) is 9.84 Å². The van der Waals surface area contributed by atoms with Gasteiger partial charge in [-0.05, 0) is 79.8 Å². The molecule has 0 saturated heterocycles. The molecule has 0 saturated carbocycles. The van der Waals surface area contributed by atoms with Gasteiger partial charge in [-0.15, -0.1) is 0 Å². The molecule has 0 aliphatic rings. The van der Waals surface area contributed by atoms with Crippen molar-refractivity contribution in [2.24, 2.45) is 5.92 Å². The number of pyridine rings is 1. The number of hydrogen-bond donors (Lipinski definition) is 0. The number of nitrogens with zero attached hydrogens (tertiary/aromatic N) is 4. The van der Waals surface area contributed by atoms with Crippen molar-refractivity contribution in [1.82, 2.24) is 19.3 Å². The molecule has 3 heterocycles. The summed E-state index contributed by atoms with van der Waals surface area (Å²) in [7, 11) is 0. The fraction of sp³-hybridized carbons (Fsp3) is 0.158. The topological polar surface area (TPSA) is 44.9 Å². The van der Waals surface area contributed by atoms with Crippen molar-refractivity contribution in [2.45, 2.75) is 34.1 Å². The van der Waals surface area contributed by atoms with Crippen molar-refractivity contribution in [1.29, 1.82) is 0 Å². The molecule has 4 aromatic carbocycles. The van der Waals surface area contributed by atoms with Gasteiger partial charge in [0.25, 0.3) is 0 Å². The monoisotopic (exact) mass is 580 g/mol. The molecule has 0 bridgehead atoms. The van der Waals surface area contributed by atoms with Gasteiger partial charge >= 0.3 is 0 Å². The average molecular weight is 581 g/mol. The number of halogens is 1. The van der Waals surface area contributed by atoms with Crippen LogP contribution in [0.3, 0.4) is 0 Å². The Morgan fingerprint density at radius 1 is 0.773 bits per heavy atom. The first kappa shape index (κ1) is 27.6. The second kappa shape index (κ2) is 11.1. The Morgan fingerprint density at radius 3 is 2.39 bits per heavy atom. The van der Waals surface area contributed by atoms with Crippen LogP contribution in [0.2, 0.25) is 0 Å². The first-order valence-electron chi connectivity index (χ1n) is 14.9. The molecule has 0 aliphatic heterocycles. The lowest BCUT2D eigenvalue weighted by Gasteiger charge is -2.11. The van der Waals surface area contributed by atoms with E-state index in [1.54, 1.807) is 0 Å². The third-order valence-electron chi connectivity index (χ3n) is 8.03. The molecule has 44 heavy (non-hydrogen) atoms. The minimum atomic E-state index is -0.328. The summed E-state index contributed by atoms with van der Waals surface area (Å²) in [5.41, 5.74) is 8.39. The lowest BCUT2D eigenvalue weighted by Crippen LogP contribution is -2.00. The maximum atomic E-state index is 14.4. The smallest absolute Gasteiger partial charge is 0.140 e. The molecular weight excluding hydrogens is 547 g/mol. The second-order valence-corrected chi connectivity index (χ2v) is 11.7. The number of ether oxygens (including phenoxy) is 1. The molecule has 218 valence electrons. The van der Waals surface area contributed by atoms with E-state index in [9.17, 15) is 4.39 Å². The SMILES string of the molecule is Cc1nn(-c2cccc(Oc3ccc4c5cc(CC(C)C)ccc5n(-c5cc(F)ccn5)c4c3)c2)c(C)c1-c1ccccc1. The molecule has 7 rings (SSSR count). The summed E-state index contributed by atoms with van der Waals surface area (Å²) in [4.78, 5) is 4.52. The highest BCUT2D eigenvalue weighted by atomic mass is 19.1. The predicted molar refractivity (Wildman–Crippen MR) is 176 cm³/mol. The van der Waals surface area contributed by atoms with E-state index < -0.39 is 0 Å². The van der Waals surface area contributed by atoms with Gasteiger partial charge in [0.05, 0.1) is 22.4 Å². The highest BCUT2D eigenvalue weighted by molar-refractivity contribution is 6.09. The Balaban J connectivity index is 1.29. The summed E-state index contributed by atoms with van der Waals surface area (Å²) in [5.74, 6) is 2.11. The summed E-state index contributed by atoms with van der Waals surface area (Å²) < 4.78 is 24.8. The summed E-state index contributed by atoms with van der Waals surface area (Å²) in [5, 5.41) is 7.04. The zero-order valence-electron chi connectivity index (χ0n) is 25.3. The van der Waals surface area contributed by atoms with E-state index in [-0.39, 0.29) is 5.82 Å². The van der Waals surface area contributed by atoms with Crippen LogP contribution in [-0.2, 0) is 6.42 Å². The van der Waals surface area contributed by atoms with Crippen LogP contribution in [0.15, 0.2) is 109 Å². The van der Waals surface area contributed by atoms with Crippen LogP contribution in [0.1, 0.15) is 30.8 Å². The molecule has 0 atom stereocenters. The van der Waals surface area contributed by atoms with Crippen LogP contribution in [0, 0.1) is 25.6 Å². The van der Waals surface area contributed by atoms with E-state index in [2.05, 4.69) is 62.2 Å². The van der Waals surface area contributed by atoms with Gasteiger partial charge in [-0.1, -0.05) is 56.3 Å². The fourth-order valence-electron chi connectivity index (χ4n) is 6.20. The van der Waals surface area contributed by atoms with Crippen LogP contribution in [0.25, 0.3) is 44.4 Å². The Morgan fingerprint density at radius 2 is 1.59 bits per heavy atom. The standard InChI is InChI=1S/C38H33FN4O/c1-24(2)19-27-13-16-35-34(20-27)33-15-14-32(23-36(33)42(35)37-21-29(39)17-18-40-37)44-31-12-8-11-30(22-31)43-26(4)38(25(3)41-43)28-9-6-5-7-10-28/h5-18,20-24H,19H2,1-4H3. The zero-order valence-corrected chi connectivity index (χ0v) is 25.3. The van der Waals surface area contributed by atoms with Gasteiger partial charge in [0.1, 0.15) is 23.1 Å². The number of aryl methyl sites for hydroxylation is 1. The van der Waals surface area contributed by atoms with Gasteiger partial charge in [-0.2, -0.15) is 5.10 Å². The third kappa shape index (κ3) is 5.02. The van der Waals surface area contributed by atoms with Crippen LogP contribution >= 0.6 is 0 Å². The molecule has 7 aromatic rings. The number of rotatable bonds is 7. The van der Waals surface area contributed by atoms with Crippen molar-refractivity contribution < 1.29 is 9.13 Å². The molecule has 0 unspecified atom stereocenters. The molecule has 0 aliphatic carbocycles. The molecule has 0 radical (unpaired) electrons. The van der Waals surface area contributed by atoms with Crippen molar-refractivity contribution in [3.8, 4) is 34.1 Å². The number of aromatic nitrogens is 4.